The van der Waals surface area contributed by atoms with Crippen LogP contribution in [0.5, 0.6) is 0 Å². The first-order chi connectivity index (χ1) is 12.8. The Morgan fingerprint density at radius 2 is 0.926 bits per heavy atom. The van der Waals surface area contributed by atoms with Crippen molar-refractivity contribution in [2.24, 2.45) is 9.98 Å². The fraction of sp³-hybridized carbons (Fsp3) is 0.250. The van der Waals surface area contributed by atoms with Crippen molar-refractivity contribution >= 4 is 23.8 Å². The average Bonchev–Trinajstić information content (AvgIpc) is 3.00. The lowest BCUT2D eigenvalue weighted by Crippen LogP contribution is -1.85. The number of hydrogen-bond acceptors (Lipinski definition) is 3. The van der Waals surface area contributed by atoms with Gasteiger partial charge in [0.15, 0.2) is 0 Å². The van der Waals surface area contributed by atoms with Gasteiger partial charge >= 0.3 is 0 Å². The number of nitrogens with zero attached hydrogens (tertiary/aromatic N) is 2. The van der Waals surface area contributed by atoms with E-state index in [1.165, 1.54) is 33.4 Å². The van der Waals surface area contributed by atoms with E-state index in [1.54, 1.807) is 12.4 Å². The Kier molecular flexibility index (Phi) is 5.41. The molecule has 27 heavy (non-hydrogen) atoms. The molecule has 3 heteroatoms. The summed E-state index contributed by atoms with van der Waals surface area (Å²) >= 11 is 0. The van der Waals surface area contributed by atoms with Crippen LogP contribution in [0.15, 0.2) is 50.8 Å². The third kappa shape index (κ3) is 4.43. The lowest BCUT2D eigenvalue weighted by molar-refractivity contribution is 0.553. The lowest BCUT2D eigenvalue weighted by Gasteiger charge is -2.06. The molecule has 0 unspecified atom stereocenters. The van der Waals surface area contributed by atoms with Gasteiger partial charge in [0.25, 0.3) is 0 Å². The molecular weight excluding hydrogens is 332 g/mol. The van der Waals surface area contributed by atoms with Crippen LogP contribution in [-0.2, 0) is 0 Å². The van der Waals surface area contributed by atoms with Crippen molar-refractivity contribution in [2.75, 3.05) is 0 Å². The topological polar surface area (TPSA) is 37.9 Å². The number of furan rings is 1. The highest BCUT2D eigenvalue weighted by Gasteiger charge is 2.04. The largest absolute Gasteiger partial charge is 0.454 e. The second-order valence-corrected chi connectivity index (χ2v) is 7.25. The van der Waals surface area contributed by atoms with Gasteiger partial charge in [0.1, 0.15) is 11.5 Å². The van der Waals surface area contributed by atoms with Gasteiger partial charge in [-0.05, 0) is 75.9 Å². The Labute approximate surface area is 161 Å². The Morgan fingerprint density at radius 1 is 0.593 bits per heavy atom. The minimum atomic E-state index is 0.716. The van der Waals surface area contributed by atoms with Crippen LogP contribution in [0.25, 0.3) is 0 Å². The lowest BCUT2D eigenvalue weighted by atomic mass is 10.1. The van der Waals surface area contributed by atoms with E-state index in [9.17, 15) is 0 Å². The zero-order valence-corrected chi connectivity index (χ0v) is 16.9. The van der Waals surface area contributed by atoms with E-state index >= 15 is 0 Å². The molecule has 0 atom stereocenters. The van der Waals surface area contributed by atoms with Crippen molar-refractivity contribution in [1.29, 1.82) is 0 Å². The maximum absolute atomic E-state index is 5.84. The highest BCUT2D eigenvalue weighted by Crippen LogP contribution is 2.26. The Hall–Kier alpha value is -2.94. The first-order valence-corrected chi connectivity index (χ1v) is 9.17. The van der Waals surface area contributed by atoms with Gasteiger partial charge in [-0.25, -0.2) is 0 Å². The molecule has 0 bridgehead atoms. The van der Waals surface area contributed by atoms with Crippen molar-refractivity contribution in [1.82, 2.24) is 0 Å². The number of hydrogen-bond donors (Lipinski definition) is 0. The summed E-state index contributed by atoms with van der Waals surface area (Å²) in [5, 5.41) is 0. The molecule has 0 saturated heterocycles. The van der Waals surface area contributed by atoms with E-state index in [2.05, 4.69) is 75.8 Å². The Bertz CT molecular complexity index is 910. The predicted octanol–water partition coefficient (Wildman–Crippen LogP) is 6.63. The van der Waals surface area contributed by atoms with Gasteiger partial charge in [-0.2, -0.15) is 0 Å². The van der Waals surface area contributed by atoms with E-state index in [0.717, 1.165) is 11.4 Å². The minimum absolute atomic E-state index is 0.716. The fourth-order valence-corrected chi connectivity index (χ4v) is 3.52. The predicted molar refractivity (Wildman–Crippen MR) is 115 cm³/mol. The van der Waals surface area contributed by atoms with Gasteiger partial charge in [0.05, 0.1) is 23.8 Å². The molecule has 2 aromatic carbocycles. The van der Waals surface area contributed by atoms with Gasteiger partial charge in [0, 0.05) is 0 Å². The summed E-state index contributed by atoms with van der Waals surface area (Å²) < 4.78 is 5.84. The van der Waals surface area contributed by atoms with Crippen molar-refractivity contribution in [2.45, 2.75) is 41.5 Å². The van der Waals surface area contributed by atoms with Crippen molar-refractivity contribution < 1.29 is 4.42 Å². The standard InChI is InChI=1S/C24H26N2O/c1-15-9-17(3)23(18(4)10-15)25-13-21-7-8-22(27-21)14-26-24-19(5)11-16(2)12-20(24)6/h7-14H,1-6H3/b25-13+,26-14+. The molecule has 0 aliphatic heterocycles. The van der Waals surface area contributed by atoms with E-state index in [0.29, 0.717) is 11.5 Å². The molecule has 0 saturated carbocycles. The van der Waals surface area contributed by atoms with Crippen LogP contribution < -0.4 is 0 Å². The summed E-state index contributed by atoms with van der Waals surface area (Å²) in [6.45, 7) is 12.5. The minimum Gasteiger partial charge on any atom is -0.454 e. The van der Waals surface area contributed by atoms with Crippen molar-refractivity contribution in [3.05, 3.63) is 81.3 Å². The van der Waals surface area contributed by atoms with E-state index in [1.807, 2.05) is 12.1 Å². The monoisotopic (exact) mass is 358 g/mol. The summed E-state index contributed by atoms with van der Waals surface area (Å²) in [6.07, 6.45) is 3.54. The number of aliphatic imine (C=N–C) groups is 2. The molecule has 0 fully saturated rings. The van der Waals surface area contributed by atoms with Gasteiger partial charge < -0.3 is 4.42 Å². The molecular formula is C24H26N2O. The summed E-state index contributed by atoms with van der Waals surface area (Å²) in [4.78, 5) is 9.25. The summed E-state index contributed by atoms with van der Waals surface area (Å²) in [5.74, 6) is 1.43. The van der Waals surface area contributed by atoms with Crippen LogP contribution in [-0.4, -0.2) is 12.4 Å². The quantitative estimate of drug-likeness (QED) is 0.482. The molecule has 1 aromatic heterocycles. The molecule has 1 heterocycles. The van der Waals surface area contributed by atoms with Crippen LogP contribution in [0.3, 0.4) is 0 Å². The van der Waals surface area contributed by atoms with Crippen molar-refractivity contribution in [3.63, 3.8) is 0 Å². The van der Waals surface area contributed by atoms with Gasteiger partial charge in [-0.15, -0.1) is 0 Å². The average molecular weight is 358 g/mol. The SMILES string of the molecule is Cc1cc(C)c(/N=C/c2ccc(/C=N/c3c(C)cc(C)cc3C)o2)c(C)c1. The molecule has 0 N–H and O–H groups in total. The van der Waals surface area contributed by atoms with E-state index in [4.69, 9.17) is 4.42 Å². The Balaban J connectivity index is 1.80. The molecule has 0 spiro atoms. The van der Waals surface area contributed by atoms with Crippen molar-refractivity contribution in [3.8, 4) is 0 Å². The molecule has 138 valence electrons. The second-order valence-electron chi connectivity index (χ2n) is 7.25. The number of benzene rings is 2. The van der Waals surface area contributed by atoms with Gasteiger partial charge in [-0.3, -0.25) is 9.98 Å². The normalized spacial score (nSPS) is 11.8. The molecule has 0 aliphatic carbocycles. The van der Waals surface area contributed by atoms with E-state index < -0.39 is 0 Å². The highest BCUT2D eigenvalue weighted by molar-refractivity contribution is 5.84. The van der Waals surface area contributed by atoms with Crippen LogP contribution in [0.4, 0.5) is 11.4 Å². The first-order valence-electron chi connectivity index (χ1n) is 9.17. The second kappa shape index (κ2) is 7.75. The summed E-state index contributed by atoms with van der Waals surface area (Å²) in [7, 11) is 0. The van der Waals surface area contributed by atoms with Crippen LogP contribution >= 0.6 is 0 Å². The summed E-state index contributed by atoms with van der Waals surface area (Å²) in [5.41, 5.74) is 9.18. The zero-order valence-electron chi connectivity index (χ0n) is 16.9. The van der Waals surface area contributed by atoms with Crippen LogP contribution in [0.1, 0.15) is 44.9 Å². The molecule has 0 amide bonds. The number of aryl methyl sites for hydroxylation is 6. The number of rotatable bonds is 4. The molecule has 0 aliphatic rings. The molecule has 0 radical (unpaired) electrons. The molecule has 3 rings (SSSR count). The van der Waals surface area contributed by atoms with Crippen LogP contribution in [0, 0.1) is 41.5 Å². The van der Waals surface area contributed by atoms with Gasteiger partial charge in [-0.1, -0.05) is 35.4 Å². The van der Waals surface area contributed by atoms with Crippen LogP contribution in [0.2, 0.25) is 0 Å². The zero-order chi connectivity index (χ0) is 19.6. The smallest absolute Gasteiger partial charge is 0.145 e. The van der Waals surface area contributed by atoms with E-state index in [-0.39, 0.29) is 0 Å². The fourth-order valence-electron chi connectivity index (χ4n) is 3.52. The summed E-state index contributed by atoms with van der Waals surface area (Å²) in [6, 6.07) is 12.4. The third-order valence-electron chi connectivity index (χ3n) is 4.56. The first kappa shape index (κ1) is 18.8. The molecule has 3 aromatic rings. The van der Waals surface area contributed by atoms with Gasteiger partial charge in [0.2, 0.25) is 0 Å². The molecule has 3 nitrogen and oxygen atoms in total. The third-order valence-corrected chi connectivity index (χ3v) is 4.56. The Morgan fingerprint density at radius 3 is 1.26 bits per heavy atom. The maximum Gasteiger partial charge on any atom is 0.145 e. The highest BCUT2D eigenvalue weighted by atomic mass is 16.3. The maximum atomic E-state index is 5.84.